The molecule has 1 saturated carbocycles. The number of amides is 3. The van der Waals surface area contributed by atoms with Gasteiger partial charge in [-0.2, -0.15) is 0 Å². The predicted molar refractivity (Wildman–Crippen MR) is 93.9 cm³/mol. The molecule has 142 valence electrons. The van der Waals surface area contributed by atoms with Crippen LogP contribution < -0.4 is 5.32 Å². The summed E-state index contributed by atoms with van der Waals surface area (Å²) >= 11 is 0. The number of likely N-dealkylation sites (tertiary alicyclic amines) is 1. The fourth-order valence-corrected chi connectivity index (χ4v) is 3.28. The second-order valence-corrected chi connectivity index (χ2v) is 7.03. The first-order valence-corrected chi connectivity index (χ1v) is 9.44. The number of rotatable bonds is 7. The maximum absolute atomic E-state index is 12.4. The summed E-state index contributed by atoms with van der Waals surface area (Å²) in [6.45, 7) is 6.20. The Balaban J connectivity index is 1.70. The van der Waals surface area contributed by atoms with Gasteiger partial charge in [-0.1, -0.05) is 13.3 Å². The van der Waals surface area contributed by atoms with E-state index in [0.717, 1.165) is 32.2 Å². The molecule has 1 heterocycles. The number of piperidine rings is 1. The van der Waals surface area contributed by atoms with Gasteiger partial charge in [-0.15, -0.1) is 0 Å². The van der Waals surface area contributed by atoms with Crippen LogP contribution in [0.4, 0.5) is 4.79 Å². The maximum atomic E-state index is 12.4. The lowest BCUT2D eigenvalue weighted by Crippen LogP contribution is -2.47. The van der Waals surface area contributed by atoms with E-state index in [-0.39, 0.29) is 35.8 Å². The topological polar surface area (TPSA) is 79.0 Å². The molecule has 0 aromatic heterocycles. The van der Waals surface area contributed by atoms with Crippen molar-refractivity contribution in [3.8, 4) is 0 Å². The Morgan fingerprint density at radius 2 is 1.84 bits per heavy atom. The molecule has 0 radical (unpaired) electrons. The molecule has 2 unspecified atom stereocenters. The van der Waals surface area contributed by atoms with Gasteiger partial charge in [0.2, 0.25) is 11.8 Å². The standard InChI is InChI=1S/C18H31N3O4/c1-4-6-9-20(3)17(23)15-12-14(15)16(22)19-13-7-10-21(11-8-13)18(24)25-5-2/h13-15H,4-12H2,1-3H3,(H,19,22). The Morgan fingerprint density at radius 3 is 2.44 bits per heavy atom. The van der Waals surface area contributed by atoms with Crippen molar-refractivity contribution in [3.05, 3.63) is 0 Å². The molecule has 25 heavy (non-hydrogen) atoms. The van der Waals surface area contributed by atoms with E-state index >= 15 is 0 Å². The minimum absolute atomic E-state index is 0.0168. The van der Waals surface area contributed by atoms with Crippen LogP contribution in [0.2, 0.25) is 0 Å². The zero-order valence-corrected chi connectivity index (χ0v) is 15.6. The molecule has 2 atom stereocenters. The summed E-state index contributed by atoms with van der Waals surface area (Å²) in [6, 6.07) is 0.0762. The van der Waals surface area contributed by atoms with Crippen molar-refractivity contribution in [2.75, 3.05) is 33.3 Å². The molecule has 1 N–H and O–H groups in total. The molecular weight excluding hydrogens is 322 g/mol. The average Bonchev–Trinajstić information content (AvgIpc) is 3.40. The van der Waals surface area contributed by atoms with Crippen molar-refractivity contribution < 1.29 is 19.1 Å². The molecule has 1 saturated heterocycles. The van der Waals surface area contributed by atoms with Crippen LogP contribution in [0.5, 0.6) is 0 Å². The van der Waals surface area contributed by atoms with Crippen LogP contribution in [0.15, 0.2) is 0 Å². The molecule has 2 fully saturated rings. The summed E-state index contributed by atoms with van der Waals surface area (Å²) in [6.07, 6.45) is 3.87. The molecule has 7 nitrogen and oxygen atoms in total. The maximum Gasteiger partial charge on any atom is 0.409 e. The van der Waals surface area contributed by atoms with Crippen molar-refractivity contribution in [1.29, 1.82) is 0 Å². The molecule has 3 amide bonds. The predicted octanol–water partition coefficient (Wildman–Crippen LogP) is 1.62. The molecule has 7 heteroatoms. The number of nitrogens with zero attached hydrogens (tertiary/aromatic N) is 2. The van der Waals surface area contributed by atoms with Gasteiger partial charge in [0.15, 0.2) is 0 Å². The molecule has 2 aliphatic rings. The van der Waals surface area contributed by atoms with Gasteiger partial charge in [0.05, 0.1) is 18.4 Å². The summed E-state index contributed by atoms with van der Waals surface area (Å²) in [7, 11) is 1.82. The van der Waals surface area contributed by atoms with E-state index < -0.39 is 0 Å². The van der Waals surface area contributed by atoms with Gasteiger partial charge in [0.25, 0.3) is 0 Å². The van der Waals surface area contributed by atoms with Crippen LogP contribution in [0.25, 0.3) is 0 Å². The third-order valence-corrected chi connectivity index (χ3v) is 5.04. The Morgan fingerprint density at radius 1 is 1.16 bits per heavy atom. The molecule has 0 spiro atoms. The van der Waals surface area contributed by atoms with Gasteiger partial charge in [-0.25, -0.2) is 4.79 Å². The number of nitrogens with one attached hydrogen (secondary N) is 1. The first-order chi connectivity index (χ1) is 12.0. The smallest absolute Gasteiger partial charge is 0.409 e. The van der Waals surface area contributed by atoms with E-state index in [2.05, 4.69) is 12.2 Å². The van der Waals surface area contributed by atoms with Gasteiger partial charge in [0.1, 0.15) is 0 Å². The highest BCUT2D eigenvalue weighted by Crippen LogP contribution is 2.40. The van der Waals surface area contributed by atoms with Crippen LogP contribution in [0.1, 0.15) is 46.0 Å². The second kappa shape index (κ2) is 9.06. The number of hydrogen-bond donors (Lipinski definition) is 1. The van der Waals surface area contributed by atoms with Crippen molar-refractivity contribution in [2.24, 2.45) is 11.8 Å². The quantitative estimate of drug-likeness (QED) is 0.754. The van der Waals surface area contributed by atoms with Crippen molar-refractivity contribution in [1.82, 2.24) is 15.1 Å². The number of carbonyl (C=O) groups is 3. The molecule has 1 aliphatic carbocycles. The molecule has 2 rings (SSSR count). The highest BCUT2D eigenvalue weighted by atomic mass is 16.6. The number of hydrogen-bond acceptors (Lipinski definition) is 4. The fraction of sp³-hybridized carbons (Fsp3) is 0.833. The SMILES string of the molecule is CCCCN(C)C(=O)C1CC1C(=O)NC1CCN(C(=O)OCC)CC1. The van der Waals surface area contributed by atoms with Crippen LogP contribution in [0, 0.1) is 11.8 Å². The third kappa shape index (κ3) is 5.34. The monoisotopic (exact) mass is 353 g/mol. The van der Waals surface area contributed by atoms with E-state index in [1.165, 1.54) is 0 Å². The van der Waals surface area contributed by atoms with Gasteiger partial charge in [0, 0.05) is 32.7 Å². The lowest BCUT2D eigenvalue weighted by molar-refractivity contribution is -0.133. The molecule has 0 aromatic carbocycles. The molecular formula is C18H31N3O4. The minimum atomic E-state index is -0.282. The first-order valence-electron chi connectivity index (χ1n) is 9.44. The lowest BCUT2D eigenvalue weighted by atomic mass is 10.0. The lowest BCUT2D eigenvalue weighted by Gasteiger charge is -2.31. The Labute approximate surface area is 150 Å². The molecule has 1 aliphatic heterocycles. The molecule has 0 aromatic rings. The first kappa shape index (κ1) is 19.5. The van der Waals surface area contributed by atoms with Gasteiger partial charge in [-0.05, 0) is 32.6 Å². The summed E-state index contributed by atoms with van der Waals surface area (Å²) < 4.78 is 4.99. The van der Waals surface area contributed by atoms with Crippen molar-refractivity contribution >= 4 is 17.9 Å². The molecule has 0 bridgehead atoms. The summed E-state index contributed by atoms with van der Waals surface area (Å²) in [5, 5.41) is 3.05. The van der Waals surface area contributed by atoms with E-state index in [1.54, 1.807) is 16.7 Å². The minimum Gasteiger partial charge on any atom is -0.450 e. The van der Waals surface area contributed by atoms with Crippen LogP contribution >= 0.6 is 0 Å². The van der Waals surface area contributed by atoms with Crippen LogP contribution in [-0.2, 0) is 14.3 Å². The van der Waals surface area contributed by atoms with Gasteiger partial charge < -0.3 is 19.9 Å². The zero-order valence-electron chi connectivity index (χ0n) is 15.6. The Hall–Kier alpha value is -1.79. The summed E-state index contributed by atoms with van der Waals surface area (Å²) in [5.41, 5.74) is 0. The largest absolute Gasteiger partial charge is 0.450 e. The third-order valence-electron chi connectivity index (χ3n) is 5.04. The highest BCUT2D eigenvalue weighted by Gasteiger charge is 2.49. The second-order valence-electron chi connectivity index (χ2n) is 7.03. The zero-order chi connectivity index (χ0) is 18.4. The van der Waals surface area contributed by atoms with E-state index in [1.807, 2.05) is 7.05 Å². The summed E-state index contributed by atoms with van der Waals surface area (Å²) in [4.78, 5) is 39.7. The summed E-state index contributed by atoms with van der Waals surface area (Å²) in [5.74, 6) is -0.260. The Kier molecular flexibility index (Phi) is 7.08. The van der Waals surface area contributed by atoms with Crippen molar-refractivity contribution in [3.63, 3.8) is 0 Å². The average molecular weight is 353 g/mol. The Bertz CT molecular complexity index is 489. The van der Waals surface area contributed by atoms with Crippen LogP contribution in [-0.4, -0.2) is 67.0 Å². The van der Waals surface area contributed by atoms with Gasteiger partial charge in [-0.3, -0.25) is 9.59 Å². The number of ether oxygens (including phenoxy) is 1. The highest BCUT2D eigenvalue weighted by molar-refractivity contribution is 5.92. The van der Waals surface area contributed by atoms with E-state index in [4.69, 9.17) is 4.74 Å². The van der Waals surface area contributed by atoms with Crippen molar-refractivity contribution in [2.45, 2.75) is 52.0 Å². The van der Waals surface area contributed by atoms with Crippen LogP contribution in [0.3, 0.4) is 0 Å². The van der Waals surface area contributed by atoms with Gasteiger partial charge >= 0.3 is 6.09 Å². The number of carbonyl (C=O) groups excluding carboxylic acids is 3. The number of unbranched alkanes of at least 4 members (excludes halogenated alkanes) is 1. The van der Waals surface area contributed by atoms with E-state index in [0.29, 0.717) is 26.1 Å². The fourth-order valence-electron chi connectivity index (χ4n) is 3.28. The van der Waals surface area contributed by atoms with E-state index in [9.17, 15) is 14.4 Å². The normalized spacial score (nSPS) is 23.1.